The molecule has 1 aromatic carbocycles. The monoisotopic (exact) mass is 234 g/mol. The summed E-state index contributed by atoms with van der Waals surface area (Å²) < 4.78 is 0. The van der Waals surface area contributed by atoms with Crippen LogP contribution in [0, 0.1) is 6.92 Å². The SMILES string of the molecule is Cc1ccccc1[C@@H](C)NCCNC(C)(C)C. The highest BCUT2D eigenvalue weighted by atomic mass is 15.0. The van der Waals surface area contributed by atoms with Crippen LogP contribution in [0.5, 0.6) is 0 Å². The lowest BCUT2D eigenvalue weighted by Crippen LogP contribution is -2.40. The number of benzene rings is 1. The van der Waals surface area contributed by atoms with Crippen molar-refractivity contribution in [3.05, 3.63) is 35.4 Å². The number of rotatable bonds is 5. The fraction of sp³-hybridized carbons (Fsp3) is 0.600. The first-order valence-electron chi connectivity index (χ1n) is 6.44. The zero-order valence-corrected chi connectivity index (χ0v) is 11.8. The van der Waals surface area contributed by atoms with Gasteiger partial charge in [0, 0.05) is 24.7 Å². The van der Waals surface area contributed by atoms with Gasteiger partial charge in [-0.05, 0) is 45.7 Å². The molecule has 1 atom stereocenters. The number of aryl methyl sites for hydroxylation is 1. The molecule has 0 radical (unpaired) electrons. The molecule has 2 nitrogen and oxygen atoms in total. The van der Waals surface area contributed by atoms with Gasteiger partial charge in [-0.2, -0.15) is 0 Å². The molecule has 0 aliphatic rings. The van der Waals surface area contributed by atoms with E-state index in [1.165, 1.54) is 11.1 Å². The summed E-state index contributed by atoms with van der Waals surface area (Å²) in [5.74, 6) is 0. The van der Waals surface area contributed by atoms with E-state index in [0.29, 0.717) is 6.04 Å². The molecule has 0 heterocycles. The van der Waals surface area contributed by atoms with Crippen LogP contribution in [0.3, 0.4) is 0 Å². The summed E-state index contributed by atoms with van der Waals surface area (Å²) in [7, 11) is 0. The second-order valence-corrected chi connectivity index (χ2v) is 5.71. The molecular formula is C15H26N2. The van der Waals surface area contributed by atoms with Gasteiger partial charge in [0.2, 0.25) is 0 Å². The van der Waals surface area contributed by atoms with E-state index < -0.39 is 0 Å². The zero-order valence-electron chi connectivity index (χ0n) is 11.8. The topological polar surface area (TPSA) is 24.1 Å². The van der Waals surface area contributed by atoms with Crippen LogP contribution in [0.4, 0.5) is 0 Å². The minimum atomic E-state index is 0.202. The third kappa shape index (κ3) is 5.33. The highest BCUT2D eigenvalue weighted by Crippen LogP contribution is 2.15. The molecule has 0 fully saturated rings. The molecule has 0 spiro atoms. The Kier molecular flexibility index (Phi) is 5.16. The van der Waals surface area contributed by atoms with E-state index in [0.717, 1.165) is 13.1 Å². The molecule has 0 aromatic heterocycles. The first-order chi connectivity index (χ1) is 7.90. The molecule has 0 amide bonds. The van der Waals surface area contributed by atoms with E-state index in [-0.39, 0.29) is 5.54 Å². The first-order valence-corrected chi connectivity index (χ1v) is 6.44. The zero-order chi connectivity index (χ0) is 12.9. The molecular weight excluding hydrogens is 208 g/mol. The van der Waals surface area contributed by atoms with Crippen molar-refractivity contribution >= 4 is 0 Å². The van der Waals surface area contributed by atoms with Crippen LogP contribution in [-0.2, 0) is 0 Å². The lowest BCUT2D eigenvalue weighted by Gasteiger charge is -2.22. The van der Waals surface area contributed by atoms with E-state index in [1.807, 2.05) is 0 Å². The number of nitrogens with one attached hydrogen (secondary N) is 2. The van der Waals surface area contributed by atoms with Gasteiger partial charge in [-0.3, -0.25) is 0 Å². The minimum absolute atomic E-state index is 0.202. The van der Waals surface area contributed by atoms with Crippen molar-refractivity contribution in [2.75, 3.05) is 13.1 Å². The summed E-state index contributed by atoms with van der Waals surface area (Å²) in [6, 6.07) is 8.98. The average molecular weight is 234 g/mol. The highest BCUT2D eigenvalue weighted by Gasteiger charge is 2.09. The Hall–Kier alpha value is -0.860. The molecule has 0 saturated heterocycles. The van der Waals surface area contributed by atoms with Crippen molar-refractivity contribution in [2.24, 2.45) is 0 Å². The van der Waals surface area contributed by atoms with Crippen LogP contribution in [0.2, 0.25) is 0 Å². The Balaban J connectivity index is 2.36. The Morgan fingerprint density at radius 3 is 2.35 bits per heavy atom. The van der Waals surface area contributed by atoms with Crippen molar-refractivity contribution in [1.82, 2.24) is 10.6 Å². The molecule has 2 N–H and O–H groups in total. The predicted octanol–water partition coefficient (Wildman–Crippen LogP) is 3.03. The van der Waals surface area contributed by atoms with Gasteiger partial charge in [-0.15, -0.1) is 0 Å². The Morgan fingerprint density at radius 2 is 1.76 bits per heavy atom. The Bertz CT molecular complexity index is 339. The molecule has 0 aliphatic heterocycles. The molecule has 17 heavy (non-hydrogen) atoms. The average Bonchev–Trinajstić information content (AvgIpc) is 2.23. The van der Waals surface area contributed by atoms with Gasteiger partial charge >= 0.3 is 0 Å². The largest absolute Gasteiger partial charge is 0.311 e. The van der Waals surface area contributed by atoms with E-state index in [2.05, 4.69) is 69.5 Å². The summed E-state index contributed by atoms with van der Waals surface area (Å²) in [6.45, 7) is 13.0. The summed E-state index contributed by atoms with van der Waals surface area (Å²) >= 11 is 0. The van der Waals surface area contributed by atoms with Gasteiger partial charge in [0.1, 0.15) is 0 Å². The molecule has 96 valence electrons. The Labute approximate surface area is 106 Å². The molecule has 2 heteroatoms. The lowest BCUT2D eigenvalue weighted by molar-refractivity contribution is 0.414. The molecule has 0 saturated carbocycles. The number of hydrogen-bond donors (Lipinski definition) is 2. The summed E-state index contributed by atoms with van der Waals surface area (Å²) in [6.07, 6.45) is 0. The van der Waals surface area contributed by atoms with Crippen molar-refractivity contribution in [3.63, 3.8) is 0 Å². The van der Waals surface area contributed by atoms with Crippen molar-refractivity contribution in [2.45, 2.75) is 46.2 Å². The van der Waals surface area contributed by atoms with E-state index >= 15 is 0 Å². The smallest absolute Gasteiger partial charge is 0.0294 e. The van der Waals surface area contributed by atoms with Crippen molar-refractivity contribution < 1.29 is 0 Å². The first kappa shape index (κ1) is 14.2. The molecule has 0 bridgehead atoms. The van der Waals surface area contributed by atoms with Gasteiger partial charge in [-0.25, -0.2) is 0 Å². The maximum absolute atomic E-state index is 3.55. The van der Waals surface area contributed by atoms with E-state index in [4.69, 9.17) is 0 Å². The normalized spacial score (nSPS) is 13.7. The summed E-state index contributed by atoms with van der Waals surface area (Å²) in [4.78, 5) is 0. The van der Waals surface area contributed by atoms with Crippen LogP contribution in [0.15, 0.2) is 24.3 Å². The third-order valence-electron chi connectivity index (χ3n) is 2.89. The Morgan fingerprint density at radius 1 is 1.12 bits per heavy atom. The van der Waals surface area contributed by atoms with Gasteiger partial charge in [0.25, 0.3) is 0 Å². The van der Waals surface area contributed by atoms with Gasteiger partial charge in [0.05, 0.1) is 0 Å². The molecule has 0 aliphatic carbocycles. The fourth-order valence-electron chi connectivity index (χ4n) is 1.91. The maximum atomic E-state index is 3.55. The predicted molar refractivity (Wildman–Crippen MR) is 75.4 cm³/mol. The van der Waals surface area contributed by atoms with E-state index in [1.54, 1.807) is 0 Å². The molecule has 1 rings (SSSR count). The molecule has 0 unspecified atom stereocenters. The summed E-state index contributed by atoms with van der Waals surface area (Å²) in [5, 5.41) is 7.03. The minimum Gasteiger partial charge on any atom is -0.311 e. The second kappa shape index (κ2) is 6.18. The van der Waals surface area contributed by atoms with Crippen LogP contribution < -0.4 is 10.6 Å². The van der Waals surface area contributed by atoms with Gasteiger partial charge in [0.15, 0.2) is 0 Å². The lowest BCUT2D eigenvalue weighted by atomic mass is 10.0. The van der Waals surface area contributed by atoms with Gasteiger partial charge < -0.3 is 10.6 Å². The van der Waals surface area contributed by atoms with Gasteiger partial charge in [-0.1, -0.05) is 24.3 Å². The van der Waals surface area contributed by atoms with Crippen LogP contribution in [0.25, 0.3) is 0 Å². The van der Waals surface area contributed by atoms with Crippen LogP contribution in [0.1, 0.15) is 44.9 Å². The van der Waals surface area contributed by atoms with Crippen molar-refractivity contribution in [3.8, 4) is 0 Å². The van der Waals surface area contributed by atoms with Crippen LogP contribution in [-0.4, -0.2) is 18.6 Å². The van der Waals surface area contributed by atoms with Crippen LogP contribution >= 0.6 is 0 Å². The summed E-state index contributed by atoms with van der Waals surface area (Å²) in [5.41, 5.74) is 2.95. The number of hydrogen-bond acceptors (Lipinski definition) is 2. The highest BCUT2D eigenvalue weighted by molar-refractivity contribution is 5.28. The fourth-order valence-corrected chi connectivity index (χ4v) is 1.91. The quantitative estimate of drug-likeness (QED) is 0.765. The second-order valence-electron chi connectivity index (χ2n) is 5.71. The maximum Gasteiger partial charge on any atom is 0.0294 e. The van der Waals surface area contributed by atoms with E-state index in [9.17, 15) is 0 Å². The molecule has 1 aromatic rings. The standard InChI is InChI=1S/C15H26N2/c1-12-8-6-7-9-14(12)13(2)16-10-11-17-15(3,4)5/h6-9,13,16-17H,10-11H2,1-5H3/t13-/m1/s1. The van der Waals surface area contributed by atoms with Crippen molar-refractivity contribution in [1.29, 1.82) is 0 Å². The third-order valence-corrected chi connectivity index (χ3v) is 2.89.